The molecule has 10 heteroatoms. The van der Waals surface area contributed by atoms with Crippen LogP contribution in [0.25, 0.3) is 0 Å². The van der Waals surface area contributed by atoms with Crippen LogP contribution in [0.1, 0.15) is 37.1 Å². The molecule has 1 atom stereocenters. The minimum absolute atomic E-state index is 0.0232. The number of benzene rings is 1. The van der Waals surface area contributed by atoms with E-state index < -0.39 is 23.5 Å². The predicted molar refractivity (Wildman–Crippen MR) is 96.6 cm³/mol. The number of aromatic nitrogens is 2. The summed E-state index contributed by atoms with van der Waals surface area (Å²) in [7, 11) is 1.27. The lowest BCUT2D eigenvalue weighted by Crippen LogP contribution is -2.40. The van der Waals surface area contributed by atoms with Crippen LogP contribution in [0.5, 0.6) is 5.75 Å². The van der Waals surface area contributed by atoms with Gasteiger partial charge in [-0.2, -0.15) is 13.2 Å². The second-order valence-corrected chi connectivity index (χ2v) is 6.95. The lowest BCUT2D eigenvalue weighted by Gasteiger charge is -2.36. The number of alkyl halides is 3. The highest BCUT2D eigenvalue weighted by Crippen LogP contribution is 2.33. The monoisotopic (exact) mass is 416 g/mol. The smallest absolute Gasteiger partial charge is 0.435 e. The minimum Gasteiger partial charge on any atom is -0.493 e. The van der Waals surface area contributed by atoms with Gasteiger partial charge in [0, 0.05) is 31.2 Å². The van der Waals surface area contributed by atoms with Gasteiger partial charge in [-0.3, -0.25) is 4.90 Å². The molecule has 0 saturated carbocycles. The van der Waals surface area contributed by atoms with Crippen LogP contribution in [0.3, 0.4) is 0 Å². The molecule has 0 aliphatic carbocycles. The molecule has 0 amide bonds. The first-order valence-electron chi connectivity index (χ1n) is 9.13. The van der Waals surface area contributed by atoms with Gasteiger partial charge in [0.05, 0.1) is 7.11 Å². The summed E-state index contributed by atoms with van der Waals surface area (Å²) in [5, 5.41) is 9.95. The maximum atomic E-state index is 13.5. The number of rotatable bonds is 5. The molecule has 1 fully saturated rings. The van der Waals surface area contributed by atoms with Gasteiger partial charge in [-0.15, -0.1) is 10.2 Å². The third-order valence-corrected chi connectivity index (χ3v) is 5.11. The molecular weight excluding hydrogens is 395 g/mol. The fourth-order valence-corrected chi connectivity index (χ4v) is 3.38. The molecule has 0 spiro atoms. The number of ether oxygens (including phenoxy) is 1. The molecule has 2 heterocycles. The van der Waals surface area contributed by atoms with Crippen molar-refractivity contribution in [1.29, 1.82) is 0 Å². The Bertz CT molecular complexity index is 853. The van der Waals surface area contributed by atoms with Crippen LogP contribution in [-0.2, 0) is 6.18 Å². The van der Waals surface area contributed by atoms with E-state index in [9.17, 15) is 22.0 Å². The molecule has 1 aromatic heterocycles. The summed E-state index contributed by atoms with van der Waals surface area (Å²) in [5.41, 5.74) is -0.430. The summed E-state index contributed by atoms with van der Waals surface area (Å²) in [4.78, 5) is 2.14. The third kappa shape index (κ3) is 4.92. The number of anilines is 1. The zero-order chi connectivity index (χ0) is 21.2. The van der Waals surface area contributed by atoms with Gasteiger partial charge in [0.2, 0.25) is 0 Å². The molecule has 1 aliphatic heterocycles. The Morgan fingerprint density at radius 3 is 2.38 bits per heavy atom. The summed E-state index contributed by atoms with van der Waals surface area (Å²) < 4.78 is 70.0. The highest BCUT2D eigenvalue weighted by atomic mass is 19.4. The number of piperidine rings is 1. The quantitative estimate of drug-likeness (QED) is 0.732. The number of methoxy groups -OCH3 is 1. The van der Waals surface area contributed by atoms with Gasteiger partial charge in [-0.05, 0) is 37.5 Å². The Kier molecular flexibility index (Phi) is 6.21. The van der Waals surface area contributed by atoms with Crippen molar-refractivity contribution in [1.82, 2.24) is 15.1 Å². The summed E-state index contributed by atoms with van der Waals surface area (Å²) in [6, 6.07) is 4.58. The fourth-order valence-electron chi connectivity index (χ4n) is 3.38. The molecule has 5 nitrogen and oxygen atoms in total. The van der Waals surface area contributed by atoms with Crippen molar-refractivity contribution in [3.05, 3.63) is 47.2 Å². The molecule has 1 aliphatic rings. The van der Waals surface area contributed by atoms with E-state index in [0.29, 0.717) is 31.5 Å². The molecule has 2 aromatic rings. The number of likely N-dealkylation sites (tertiary alicyclic amines) is 1. The first kappa shape index (κ1) is 21.2. The first-order chi connectivity index (χ1) is 13.7. The predicted octanol–water partition coefficient (Wildman–Crippen LogP) is 4.42. The number of nitrogens with one attached hydrogen (secondary N) is 1. The lowest BCUT2D eigenvalue weighted by atomic mass is 10.00. The number of hydrogen-bond acceptors (Lipinski definition) is 5. The minimum atomic E-state index is -4.60. The van der Waals surface area contributed by atoms with Crippen molar-refractivity contribution >= 4 is 5.82 Å². The van der Waals surface area contributed by atoms with E-state index in [-0.39, 0.29) is 23.7 Å². The van der Waals surface area contributed by atoms with Crippen LogP contribution < -0.4 is 10.1 Å². The van der Waals surface area contributed by atoms with E-state index in [2.05, 4.69) is 20.4 Å². The average molecular weight is 416 g/mol. The SMILES string of the molecule is COc1cc(C(F)(F)F)nnc1NC1CCN(C(C)c2ccc(F)c(F)c2)CC1. The van der Waals surface area contributed by atoms with Crippen molar-refractivity contribution in [3.8, 4) is 5.75 Å². The van der Waals surface area contributed by atoms with E-state index in [1.807, 2.05) is 6.92 Å². The largest absolute Gasteiger partial charge is 0.493 e. The topological polar surface area (TPSA) is 50.3 Å². The Hall–Kier alpha value is -2.49. The lowest BCUT2D eigenvalue weighted by molar-refractivity contribution is -0.141. The standard InChI is InChI=1S/C19H21F5N4O/c1-11(12-3-4-14(20)15(21)9-12)28-7-5-13(6-8-28)25-18-16(29-2)10-17(26-27-18)19(22,23)24/h3-4,9-11,13H,5-8H2,1-2H3,(H,25,27). The van der Waals surface area contributed by atoms with Gasteiger partial charge in [-0.25, -0.2) is 8.78 Å². The molecular formula is C19H21F5N4O. The van der Waals surface area contributed by atoms with Gasteiger partial charge >= 0.3 is 6.18 Å². The molecule has 0 bridgehead atoms. The van der Waals surface area contributed by atoms with Crippen molar-refractivity contribution < 1.29 is 26.7 Å². The van der Waals surface area contributed by atoms with Crippen LogP contribution in [-0.4, -0.2) is 41.3 Å². The average Bonchev–Trinajstić information content (AvgIpc) is 2.69. The molecule has 1 saturated heterocycles. The van der Waals surface area contributed by atoms with Crippen molar-refractivity contribution in [2.75, 3.05) is 25.5 Å². The highest BCUT2D eigenvalue weighted by Gasteiger charge is 2.34. The van der Waals surface area contributed by atoms with E-state index >= 15 is 0 Å². The highest BCUT2D eigenvalue weighted by molar-refractivity contribution is 5.50. The molecule has 0 radical (unpaired) electrons. The summed E-state index contributed by atoms with van der Waals surface area (Å²) in [6.07, 6.45) is -3.21. The van der Waals surface area contributed by atoms with Crippen molar-refractivity contribution in [3.63, 3.8) is 0 Å². The van der Waals surface area contributed by atoms with E-state index in [1.54, 1.807) is 6.07 Å². The van der Waals surface area contributed by atoms with Gasteiger partial charge < -0.3 is 10.1 Å². The number of hydrogen-bond donors (Lipinski definition) is 1. The second kappa shape index (κ2) is 8.48. The summed E-state index contributed by atoms with van der Waals surface area (Å²) >= 11 is 0. The van der Waals surface area contributed by atoms with Crippen molar-refractivity contribution in [2.45, 2.75) is 38.0 Å². The van der Waals surface area contributed by atoms with Crippen LogP contribution in [0.2, 0.25) is 0 Å². The zero-order valence-electron chi connectivity index (χ0n) is 15.9. The van der Waals surface area contributed by atoms with Gasteiger partial charge in [0.1, 0.15) is 0 Å². The number of nitrogens with zero attached hydrogens (tertiary/aromatic N) is 3. The summed E-state index contributed by atoms with van der Waals surface area (Å²) in [6.45, 7) is 3.27. The molecule has 3 rings (SSSR count). The fraction of sp³-hybridized carbons (Fsp3) is 0.474. The van der Waals surface area contributed by atoms with E-state index in [4.69, 9.17) is 4.74 Å². The Morgan fingerprint density at radius 1 is 1.10 bits per heavy atom. The van der Waals surface area contributed by atoms with Crippen molar-refractivity contribution in [2.24, 2.45) is 0 Å². The molecule has 29 heavy (non-hydrogen) atoms. The molecule has 1 N–H and O–H groups in total. The van der Waals surface area contributed by atoms with Crippen LogP contribution in [0, 0.1) is 11.6 Å². The maximum absolute atomic E-state index is 13.5. The summed E-state index contributed by atoms with van der Waals surface area (Å²) in [5.74, 6) is -1.62. The molecule has 158 valence electrons. The maximum Gasteiger partial charge on any atom is 0.435 e. The van der Waals surface area contributed by atoms with E-state index in [0.717, 1.165) is 12.1 Å². The zero-order valence-corrected chi connectivity index (χ0v) is 15.9. The Balaban J connectivity index is 1.62. The van der Waals surface area contributed by atoms with Crippen LogP contribution in [0.4, 0.5) is 27.8 Å². The molecule has 1 aromatic carbocycles. The number of halogens is 5. The Labute approximate surface area is 164 Å². The van der Waals surface area contributed by atoms with Gasteiger partial charge in [0.25, 0.3) is 0 Å². The second-order valence-electron chi connectivity index (χ2n) is 6.95. The van der Waals surface area contributed by atoms with Gasteiger partial charge in [-0.1, -0.05) is 6.07 Å². The van der Waals surface area contributed by atoms with Crippen LogP contribution in [0.15, 0.2) is 24.3 Å². The van der Waals surface area contributed by atoms with Gasteiger partial charge in [0.15, 0.2) is 28.9 Å². The van der Waals surface area contributed by atoms with Crippen LogP contribution >= 0.6 is 0 Å². The first-order valence-corrected chi connectivity index (χ1v) is 9.13. The third-order valence-electron chi connectivity index (χ3n) is 5.11. The normalized spacial score (nSPS) is 17.2. The Morgan fingerprint density at radius 2 is 1.79 bits per heavy atom. The van der Waals surface area contributed by atoms with E-state index in [1.165, 1.54) is 13.2 Å². The molecule has 1 unspecified atom stereocenters.